The molecule has 11 atom stereocenters. The van der Waals surface area contributed by atoms with Crippen LogP contribution in [0, 0.1) is 46.3 Å². The maximum atomic E-state index is 12.2. The highest BCUT2D eigenvalue weighted by atomic mass is 16.3. The van der Waals surface area contributed by atoms with E-state index < -0.39 is 0 Å². The van der Waals surface area contributed by atoms with Crippen molar-refractivity contribution in [2.75, 3.05) is 0 Å². The molecule has 0 aliphatic heterocycles. The van der Waals surface area contributed by atoms with Crippen molar-refractivity contribution in [2.45, 2.75) is 117 Å². The van der Waals surface area contributed by atoms with Gasteiger partial charge < -0.3 is 20.6 Å². The molecule has 4 N–H and O–H groups in total. The molecular weight excluding hydrogens is 402 g/mol. The summed E-state index contributed by atoms with van der Waals surface area (Å²) in [5.74, 6) is 2.17. The van der Waals surface area contributed by atoms with E-state index in [0.29, 0.717) is 36.0 Å². The van der Waals surface area contributed by atoms with E-state index in [1.165, 1.54) is 0 Å². The Balaban J connectivity index is 1.52. The zero-order chi connectivity index (χ0) is 23.4. The van der Waals surface area contributed by atoms with Crippen LogP contribution in [-0.2, 0) is 4.79 Å². The van der Waals surface area contributed by atoms with E-state index >= 15 is 0 Å². The van der Waals surface area contributed by atoms with Crippen molar-refractivity contribution in [1.82, 2.24) is 5.32 Å². The van der Waals surface area contributed by atoms with Crippen LogP contribution in [0.4, 0.5) is 0 Å². The van der Waals surface area contributed by atoms with Crippen LogP contribution in [0.1, 0.15) is 92.4 Å². The van der Waals surface area contributed by atoms with Gasteiger partial charge in [0.25, 0.3) is 0 Å². The zero-order valence-corrected chi connectivity index (χ0v) is 20.9. The number of fused-ring (bicyclic) bond motifs is 5. The van der Waals surface area contributed by atoms with Crippen molar-refractivity contribution in [1.29, 1.82) is 0 Å². The second-order valence-corrected chi connectivity index (χ2v) is 12.8. The van der Waals surface area contributed by atoms with Crippen molar-refractivity contribution in [3.8, 4) is 0 Å². The molecule has 4 aliphatic carbocycles. The number of hydrogen-bond acceptors (Lipinski definition) is 4. The lowest BCUT2D eigenvalue weighted by Crippen LogP contribution is -2.62. The first-order valence-corrected chi connectivity index (χ1v) is 13.3. The average molecular weight is 450 g/mol. The summed E-state index contributed by atoms with van der Waals surface area (Å²) in [7, 11) is 0. The highest BCUT2D eigenvalue weighted by molar-refractivity contribution is 5.76. The van der Waals surface area contributed by atoms with E-state index in [2.05, 4.69) is 26.1 Å². The van der Waals surface area contributed by atoms with Gasteiger partial charge in [-0.15, -0.1) is 0 Å². The fourth-order valence-corrected chi connectivity index (χ4v) is 9.09. The van der Waals surface area contributed by atoms with Gasteiger partial charge in [0, 0.05) is 12.5 Å². The van der Waals surface area contributed by atoms with Gasteiger partial charge in [0.2, 0.25) is 5.91 Å². The standard InChI is InChI=1S/C27H47NO4/c1-15(2)28-24(32)9-6-16(3)19-7-8-20-25-21(14-23(31)27(19,20)5)26(4)11-10-18(29)12-17(26)13-22(25)30/h15-23,25,29-31H,6-14H2,1-5H3,(H,28,32)/t16-,17+,18-,19-,20+,21+,22-,23+,25+,26+,27-/m1/s1. The molecule has 0 bridgehead atoms. The summed E-state index contributed by atoms with van der Waals surface area (Å²) in [5, 5.41) is 36.2. The van der Waals surface area contributed by atoms with E-state index in [0.717, 1.165) is 51.4 Å². The molecule has 1 amide bonds. The number of hydrogen-bond donors (Lipinski definition) is 4. The molecule has 4 fully saturated rings. The molecule has 0 aromatic heterocycles. The third-order valence-corrected chi connectivity index (χ3v) is 10.8. The molecule has 184 valence electrons. The molecule has 0 aromatic rings. The number of aliphatic hydroxyl groups is 3. The number of amides is 1. The fraction of sp³-hybridized carbons (Fsp3) is 0.963. The number of rotatable bonds is 5. The van der Waals surface area contributed by atoms with Gasteiger partial charge in [0.05, 0.1) is 18.3 Å². The van der Waals surface area contributed by atoms with Crippen LogP contribution in [-0.4, -0.2) is 45.6 Å². The molecule has 0 radical (unpaired) electrons. The molecule has 5 nitrogen and oxygen atoms in total. The normalized spacial score (nSPS) is 49.2. The Hall–Kier alpha value is -0.650. The molecule has 4 aliphatic rings. The summed E-state index contributed by atoms with van der Waals surface area (Å²) in [5.41, 5.74) is -0.0719. The predicted molar refractivity (Wildman–Crippen MR) is 126 cm³/mol. The number of carbonyl (C=O) groups excluding carboxylic acids is 1. The van der Waals surface area contributed by atoms with Gasteiger partial charge in [-0.25, -0.2) is 0 Å². The van der Waals surface area contributed by atoms with Gasteiger partial charge >= 0.3 is 0 Å². The largest absolute Gasteiger partial charge is 0.393 e. The topological polar surface area (TPSA) is 89.8 Å². The molecule has 0 unspecified atom stereocenters. The molecular formula is C27H47NO4. The highest BCUT2D eigenvalue weighted by Gasteiger charge is 2.65. The maximum absolute atomic E-state index is 12.2. The lowest BCUT2D eigenvalue weighted by Gasteiger charge is -2.63. The number of nitrogens with one attached hydrogen (secondary N) is 1. The first-order valence-electron chi connectivity index (χ1n) is 13.3. The van der Waals surface area contributed by atoms with Crippen molar-refractivity contribution < 1.29 is 20.1 Å². The van der Waals surface area contributed by atoms with Gasteiger partial charge in [-0.3, -0.25) is 4.79 Å². The molecule has 4 saturated carbocycles. The summed E-state index contributed by atoms with van der Waals surface area (Å²) < 4.78 is 0. The molecule has 4 rings (SSSR count). The molecule has 0 heterocycles. The second-order valence-electron chi connectivity index (χ2n) is 12.8. The van der Waals surface area contributed by atoms with Crippen LogP contribution in [0.2, 0.25) is 0 Å². The van der Waals surface area contributed by atoms with E-state index in [9.17, 15) is 20.1 Å². The third kappa shape index (κ3) is 3.94. The van der Waals surface area contributed by atoms with E-state index in [1.807, 2.05) is 13.8 Å². The maximum Gasteiger partial charge on any atom is 0.220 e. The van der Waals surface area contributed by atoms with Crippen LogP contribution < -0.4 is 5.32 Å². The van der Waals surface area contributed by atoms with Crippen molar-refractivity contribution in [2.24, 2.45) is 46.3 Å². The van der Waals surface area contributed by atoms with Gasteiger partial charge in [-0.1, -0.05) is 20.8 Å². The van der Waals surface area contributed by atoms with Gasteiger partial charge in [-0.05, 0) is 112 Å². The van der Waals surface area contributed by atoms with Crippen LogP contribution in [0.5, 0.6) is 0 Å². The van der Waals surface area contributed by atoms with E-state index in [4.69, 9.17) is 0 Å². The SMILES string of the molecule is CC(C)NC(=O)CC[C@@H](C)[C@H]1CC[C@H]2[C@@H]3[C@H](O)C[C@@H]4C[C@H](O)CC[C@]4(C)[C@H]3C[C@H](O)[C@]12C. The Morgan fingerprint density at radius 2 is 1.72 bits per heavy atom. The van der Waals surface area contributed by atoms with Gasteiger partial charge in [0.1, 0.15) is 0 Å². The van der Waals surface area contributed by atoms with E-state index in [1.54, 1.807) is 0 Å². The second kappa shape index (κ2) is 8.85. The number of aliphatic hydroxyl groups excluding tert-OH is 3. The molecule has 0 aromatic carbocycles. The average Bonchev–Trinajstić information content (AvgIpc) is 3.06. The van der Waals surface area contributed by atoms with Gasteiger partial charge in [0.15, 0.2) is 0 Å². The number of carbonyl (C=O) groups is 1. The molecule has 5 heteroatoms. The van der Waals surface area contributed by atoms with Gasteiger partial charge in [-0.2, -0.15) is 0 Å². The Kier molecular flexibility index (Phi) is 6.77. The highest BCUT2D eigenvalue weighted by Crippen LogP contribution is 2.68. The van der Waals surface area contributed by atoms with Crippen LogP contribution in [0.15, 0.2) is 0 Å². The zero-order valence-electron chi connectivity index (χ0n) is 20.9. The van der Waals surface area contributed by atoms with Crippen molar-refractivity contribution in [3.63, 3.8) is 0 Å². The molecule has 0 saturated heterocycles. The minimum Gasteiger partial charge on any atom is -0.393 e. The quantitative estimate of drug-likeness (QED) is 0.513. The first kappa shape index (κ1) is 24.5. The molecule has 0 spiro atoms. The summed E-state index contributed by atoms with van der Waals surface area (Å²) in [4.78, 5) is 12.2. The summed E-state index contributed by atoms with van der Waals surface area (Å²) in [6, 6.07) is 0.169. The smallest absolute Gasteiger partial charge is 0.220 e. The molecule has 32 heavy (non-hydrogen) atoms. The predicted octanol–water partition coefficient (Wildman–Crippen LogP) is 3.89. The minimum absolute atomic E-state index is 0.115. The summed E-state index contributed by atoms with van der Waals surface area (Å²) in [6.07, 6.45) is 6.86. The van der Waals surface area contributed by atoms with Crippen LogP contribution >= 0.6 is 0 Å². The Morgan fingerprint density at radius 1 is 1.00 bits per heavy atom. The van der Waals surface area contributed by atoms with Crippen LogP contribution in [0.25, 0.3) is 0 Å². The lowest BCUT2D eigenvalue weighted by atomic mass is 9.43. The lowest BCUT2D eigenvalue weighted by molar-refractivity contribution is -0.207. The minimum atomic E-state index is -0.359. The Labute approximate surface area is 194 Å². The Morgan fingerprint density at radius 3 is 2.41 bits per heavy atom. The van der Waals surface area contributed by atoms with E-state index in [-0.39, 0.29) is 47.0 Å². The van der Waals surface area contributed by atoms with Crippen molar-refractivity contribution >= 4 is 5.91 Å². The fourth-order valence-electron chi connectivity index (χ4n) is 9.09. The Bertz CT molecular complexity index is 697. The van der Waals surface area contributed by atoms with Crippen LogP contribution in [0.3, 0.4) is 0 Å². The first-order chi connectivity index (χ1) is 15.0. The van der Waals surface area contributed by atoms with Crippen molar-refractivity contribution in [3.05, 3.63) is 0 Å². The monoisotopic (exact) mass is 449 g/mol. The summed E-state index contributed by atoms with van der Waals surface area (Å²) in [6.45, 7) is 10.9. The summed E-state index contributed by atoms with van der Waals surface area (Å²) >= 11 is 0. The third-order valence-electron chi connectivity index (χ3n) is 10.8.